The van der Waals surface area contributed by atoms with Gasteiger partial charge in [-0.1, -0.05) is 12.1 Å². The van der Waals surface area contributed by atoms with Crippen molar-refractivity contribution < 1.29 is 0 Å². The highest BCUT2D eigenvalue weighted by atomic mass is 16.1. The van der Waals surface area contributed by atoms with Crippen LogP contribution < -0.4 is 11.0 Å². The van der Waals surface area contributed by atoms with Gasteiger partial charge >= 0.3 is 5.69 Å². The average Bonchev–Trinajstić information content (AvgIpc) is 2.80. The topological polar surface area (TPSA) is 39.0 Å². The summed E-state index contributed by atoms with van der Waals surface area (Å²) < 4.78 is 3.26. The van der Waals surface area contributed by atoms with E-state index in [9.17, 15) is 4.79 Å². The summed E-state index contributed by atoms with van der Waals surface area (Å²) in [6.07, 6.45) is 5.99. The number of benzene rings is 1. The number of nitrogens with zero attached hydrogens (tertiary/aromatic N) is 2. The molecule has 0 radical (unpaired) electrons. The number of nitrogens with one attached hydrogen (secondary N) is 1. The molecule has 4 heteroatoms. The molecule has 4 nitrogen and oxygen atoms in total. The van der Waals surface area contributed by atoms with Gasteiger partial charge in [-0.15, -0.1) is 0 Å². The maximum Gasteiger partial charge on any atom is 0.332 e. The van der Waals surface area contributed by atoms with E-state index in [1.807, 2.05) is 18.3 Å². The highest BCUT2D eigenvalue weighted by molar-refractivity contribution is 5.36. The molecular weight excluding hydrogens is 238 g/mol. The lowest BCUT2D eigenvalue weighted by atomic mass is 9.90. The fourth-order valence-corrected chi connectivity index (χ4v) is 2.72. The highest BCUT2D eigenvalue weighted by Crippen LogP contribution is 2.25. The summed E-state index contributed by atoms with van der Waals surface area (Å²) in [5, 5.41) is 3.38. The summed E-state index contributed by atoms with van der Waals surface area (Å²) in [6, 6.07) is 8.40. The van der Waals surface area contributed by atoms with Gasteiger partial charge in [0.2, 0.25) is 0 Å². The Morgan fingerprint density at radius 3 is 2.37 bits per heavy atom. The molecule has 1 aromatic carbocycles. The standard InChI is InChI=1S/C15H19N3O/c1-17-10-11-18(15(17)19)14-4-2-12(3-5-14)13-6-8-16-9-7-13/h2-5,10-11,13,16H,6-9H2,1H3. The quantitative estimate of drug-likeness (QED) is 0.888. The van der Waals surface area contributed by atoms with Crippen molar-refractivity contribution >= 4 is 0 Å². The molecule has 1 aliphatic heterocycles. The maximum absolute atomic E-state index is 11.9. The van der Waals surface area contributed by atoms with E-state index in [1.165, 1.54) is 18.4 Å². The molecule has 0 unspecified atom stereocenters. The van der Waals surface area contributed by atoms with Crippen molar-refractivity contribution in [2.75, 3.05) is 13.1 Å². The van der Waals surface area contributed by atoms with Gasteiger partial charge in [0.05, 0.1) is 5.69 Å². The summed E-state index contributed by atoms with van der Waals surface area (Å²) in [4.78, 5) is 11.9. The Kier molecular flexibility index (Phi) is 3.25. The van der Waals surface area contributed by atoms with E-state index >= 15 is 0 Å². The minimum Gasteiger partial charge on any atom is -0.317 e. The minimum absolute atomic E-state index is 0.00498. The van der Waals surface area contributed by atoms with Crippen molar-refractivity contribution in [1.29, 1.82) is 0 Å². The first-order valence-corrected chi connectivity index (χ1v) is 6.81. The number of hydrogen-bond donors (Lipinski definition) is 1. The van der Waals surface area contributed by atoms with Gasteiger partial charge < -0.3 is 9.88 Å². The molecule has 3 rings (SSSR count). The van der Waals surface area contributed by atoms with Crippen LogP contribution in [0.5, 0.6) is 0 Å². The monoisotopic (exact) mass is 257 g/mol. The summed E-state index contributed by atoms with van der Waals surface area (Å²) >= 11 is 0. The van der Waals surface area contributed by atoms with Crippen LogP contribution >= 0.6 is 0 Å². The number of piperidine rings is 1. The summed E-state index contributed by atoms with van der Waals surface area (Å²) in [7, 11) is 1.77. The fraction of sp³-hybridized carbons (Fsp3) is 0.400. The predicted molar refractivity (Wildman–Crippen MR) is 75.9 cm³/mol. The van der Waals surface area contributed by atoms with E-state index in [0.717, 1.165) is 18.8 Å². The second-order valence-corrected chi connectivity index (χ2v) is 5.18. The first-order valence-electron chi connectivity index (χ1n) is 6.81. The smallest absolute Gasteiger partial charge is 0.317 e. The molecule has 2 heterocycles. The summed E-state index contributed by atoms with van der Waals surface area (Å²) in [6.45, 7) is 2.20. The first kappa shape index (κ1) is 12.2. The third-order valence-electron chi connectivity index (χ3n) is 3.93. The lowest BCUT2D eigenvalue weighted by Gasteiger charge is -2.23. The number of imidazole rings is 1. The molecule has 0 bridgehead atoms. The molecule has 0 aliphatic carbocycles. The van der Waals surface area contributed by atoms with Gasteiger partial charge in [0.15, 0.2) is 0 Å². The van der Waals surface area contributed by atoms with Crippen LogP contribution in [0.25, 0.3) is 5.69 Å². The molecule has 2 aromatic rings. The molecule has 19 heavy (non-hydrogen) atoms. The van der Waals surface area contributed by atoms with Crippen LogP contribution in [0, 0.1) is 0 Å². The van der Waals surface area contributed by atoms with Crippen molar-refractivity contribution in [2.24, 2.45) is 7.05 Å². The zero-order chi connectivity index (χ0) is 13.2. The molecule has 1 N–H and O–H groups in total. The number of aryl methyl sites for hydroxylation is 1. The van der Waals surface area contributed by atoms with E-state index in [2.05, 4.69) is 17.4 Å². The van der Waals surface area contributed by atoms with Crippen LogP contribution in [0.2, 0.25) is 0 Å². The Balaban J connectivity index is 1.86. The highest BCUT2D eigenvalue weighted by Gasteiger charge is 2.15. The largest absolute Gasteiger partial charge is 0.332 e. The Hall–Kier alpha value is -1.81. The second-order valence-electron chi connectivity index (χ2n) is 5.18. The number of aromatic nitrogens is 2. The van der Waals surface area contributed by atoms with Crippen molar-refractivity contribution in [2.45, 2.75) is 18.8 Å². The summed E-state index contributed by atoms with van der Waals surface area (Å²) in [5.41, 5.74) is 2.31. The molecule has 1 aromatic heterocycles. The van der Waals surface area contributed by atoms with Crippen LogP contribution in [-0.4, -0.2) is 22.2 Å². The molecule has 0 atom stereocenters. The molecule has 1 saturated heterocycles. The van der Waals surface area contributed by atoms with Gasteiger partial charge in [-0.05, 0) is 49.5 Å². The van der Waals surface area contributed by atoms with Crippen molar-refractivity contribution in [3.8, 4) is 5.69 Å². The zero-order valence-electron chi connectivity index (χ0n) is 11.2. The van der Waals surface area contributed by atoms with E-state index in [-0.39, 0.29) is 5.69 Å². The van der Waals surface area contributed by atoms with Gasteiger partial charge in [-0.25, -0.2) is 4.79 Å². The van der Waals surface area contributed by atoms with Crippen molar-refractivity contribution in [1.82, 2.24) is 14.5 Å². The molecule has 1 aliphatic rings. The third-order valence-corrected chi connectivity index (χ3v) is 3.93. The van der Waals surface area contributed by atoms with Crippen LogP contribution in [0.3, 0.4) is 0 Å². The van der Waals surface area contributed by atoms with E-state index < -0.39 is 0 Å². The number of hydrogen-bond acceptors (Lipinski definition) is 2. The van der Waals surface area contributed by atoms with Crippen LogP contribution in [0.15, 0.2) is 41.5 Å². The Morgan fingerprint density at radius 1 is 1.11 bits per heavy atom. The molecule has 100 valence electrons. The average molecular weight is 257 g/mol. The third kappa shape index (κ3) is 2.36. The van der Waals surface area contributed by atoms with E-state index in [4.69, 9.17) is 0 Å². The summed E-state index contributed by atoms with van der Waals surface area (Å²) in [5.74, 6) is 0.655. The lowest BCUT2D eigenvalue weighted by Crippen LogP contribution is -2.26. The van der Waals surface area contributed by atoms with Crippen LogP contribution in [0.1, 0.15) is 24.3 Å². The maximum atomic E-state index is 11.9. The molecule has 0 saturated carbocycles. The Labute approximate surface area is 112 Å². The van der Waals surface area contributed by atoms with E-state index in [0.29, 0.717) is 5.92 Å². The first-order chi connectivity index (χ1) is 9.25. The predicted octanol–water partition coefficient (Wildman–Crippen LogP) is 1.64. The van der Waals surface area contributed by atoms with Crippen LogP contribution in [-0.2, 0) is 7.05 Å². The number of rotatable bonds is 2. The minimum atomic E-state index is -0.00498. The molecule has 0 amide bonds. The normalized spacial score (nSPS) is 16.7. The Bertz CT molecular complexity index is 603. The van der Waals surface area contributed by atoms with E-state index in [1.54, 1.807) is 22.4 Å². The van der Waals surface area contributed by atoms with Crippen LogP contribution in [0.4, 0.5) is 0 Å². The zero-order valence-corrected chi connectivity index (χ0v) is 11.2. The second kappa shape index (κ2) is 5.05. The fourth-order valence-electron chi connectivity index (χ4n) is 2.72. The Morgan fingerprint density at radius 2 is 1.79 bits per heavy atom. The van der Waals surface area contributed by atoms with Crippen molar-refractivity contribution in [3.63, 3.8) is 0 Å². The van der Waals surface area contributed by atoms with Gasteiger partial charge in [0.1, 0.15) is 0 Å². The molecule has 0 spiro atoms. The lowest BCUT2D eigenvalue weighted by molar-refractivity contribution is 0.460. The van der Waals surface area contributed by atoms with Gasteiger partial charge in [-0.2, -0.15) is 0 Å². The molecule has 1 fully saturated rings. The van der Waals surface area contributed by atoms with Gasteiger partial charge in [0, 0.05) is 19.4 Å². The SMILES string of the molecule is Cn1ccn(-c2ccc(C3CCNCC3)cc2)c1=O. The van der Waals surface area contributed by atoms with Gasteiger partial charge in [0.25, 0.3) is 0 Å². The molecular formula is C15H19N3O. The van der Waals surface area contributed by atoms with Gasteiger partial charge in [-0.3, -0.25) is 4.57 Å². The van der Waals surface area contributed by atoms with Crippen molar-refractivity contribution in [3.05, 3.63) is 52.7 Å².